The van der Waals surface area contributed by atoms with Crippen molar-refractivity contribution in [3.8, 4) is 44.5 Å². The van der Waals surface area contributed by atoms with Gasteiger partial charge in [0, 0.05) is 42.5 Å². The normalized spacial score (nSPS) is 24.5. The highest BCUT2D eigenvalue weighted by molar-refractivity contribution is 7.25. The van der Waals surface area contributed by atoms with Crippen LogP contribution in [-0.2, 0) is 5.41 Å². The van der Waals surface area contributed by atoms with E-state index in [0.717, 1.165) is 35.0 Å². The molecular formula is C68H55NS. The third kappa shape index (κ3) is 5.18. The second-order valence-corrected chi connectivity index (χ2v) is 23.3. The van der Waals surface area contributed by atoms with Gasteiger partial charge in [0.25, 0.3) is 0 Å². The first kappa shape index (κ1) is 40.0. The third-order valence-corrected chi connectivity index (χ3v) is 20.6. The molecule has 0 aliphatic heterocycles. The molecule has 5 fully saturated rings. The molecule has 4 unspecified atom stereocenters. The number of hydrogen-bond donors (Lipinski definition) is 0. The lowest BCUT2D eigenvalue weighted by Crippen LogP contribution is -2.88. The highest BCUT2D eigenvalue weighted by atomic mass is 32.1. The predicted molar refractivity (Wildman–Crippen MR) is 295 cm³/mol. The molecule has 5 saturated carbocycles. The minimum absolute atomic E-state index is 0.209. The van der Waals surface area contributed by atoms with Gasteiger partial charge in [-0.25, -0.2) is 0 Å². The van der Waals surface area contributed by atoms with E-state index in [4.69, 9.17) is 0 Å². The fourth-order valence-electron chi connectivity index (χ4n) is 16.6. The fraction of sp³-hybridized carbons (Fsp3) is 0.235. The number of thiophene rings is 1. The summed E-state index contributed by atoms with van der Waals surface area (Å²) in [5, 5.41) is 5.44. The summed E-state index contributed by atoms with van der Waals surface area (Å²) in [6, 6.07) is 72.9. The quantitative estimate of drug-likeness (QED) is 0.154. The minimum atomic E-state index is 0.209. The maximum absolute atomic E-state index is 2.63. The Morgan fingerprint density at radius 3 is 1.93 bits per heavy atom. The molecule has 9 aromatic carbocycles. The van der Waals surface area contributed by atoms with Crippen molar-refractivity contribution < 1.29 is 0 Å². The van der Waals surface area contributed by atoms with Gasteiger partial charge in [-0.15, -0.1) is 11.3 Å². The summed E-state index contributed by atoms with van der Waals surface area (Å²) in [6.07, 6.45) is 10.9. The van der Waals surface area contributed by atoms with Crippen LogP contribution in [0.15, 0.2) is 188 Å². The molecule has 1 aromatic heterocycles. The molecule has 70 heavy (non-hydrogen) atoms. The SMILES string of the molecule is Cc1ccc(N(c2ccc(-c3ccc4c(c3)C3(c5ccccc5-4)C4CC5CC6CC3C564)cc2)c2ccc(-c3cccc4sc5ccccc5c34)cc2)c(-c2cccc3cccc(C4CCCCC4)c23)c1. The van der Waals surface area contributed by atoms with Gasteiger partial charge < -0.3 is 4.90 Å². The molecule has 6 aliphatic carbocycles. The smallest absolute Gasteiger partial charge is 0.0540 e. The maximum Gasteiger partial charge on any atom is 0.0540 e. The lowest BCUT2D eigenvalue weighted by atomic mass is 9.11. The molecule has 0 bridgehead atoms. The van der Waals surface area contributed by atoms with Crippen molar-refractivity contribution in [3.05, 3.63) is 210 Å². The van der Waals surface area contributed by atoms with Gasteiger partial charge >= 0.3 is 0 Å². The van der Waals surface area contributed by atoms with E-state index in [0.29, 0.717) is 11.3 Å². The van der Waals surface area contributed by atoms with Crippen molar-refractivity contribution in [2.24, 2.45) is 29.1 Å². The van der Waals surface area contributed by atoms with Crippen molar-refractivity contribution in [3.63, 3.8) is 0 Å². The maximum atomic E-state index is 2.63. The van der Waals surface area contributed by atoms with Gasteiger partial charge in [0.1, 0.15) is 0 Å². The predicted octanol–water partition coefficient (Wildman–Crippen LogP) is 19.0. The fourth-order valence-corrected chi connectivity index (χ4v) is 17.7. The van der Waals surface area contributed by atoms with Crippen LogP contribution in [0.3, 0.4) is 0 Å². The highest BCUT2D eigenvalue weighted by Gasteiger charge is 2.90. The monoisotopic (exact) mass is 917 g/mol. The average Bonchev–Trinajstić information content (AvgIpc) is 3.95. The number of hydrogen-bond acceptors (Lipinski definition) is 2. The van der Waals surface area contributed by atoms with Gasteiger partial charge in [-0.1, -0.05) is 158 Å². The topological polar surface area (TPSA) is 3.24 Å². The lowest BCUT2D eigenvalue weighted by Gasteiger charge is -2.92. The van der Waals surface area contributed by atoms with E-state index in [1.165, 1.54) is 144 Å². The molecule has 0 amide bonds. The molecule has 0 N–H and O–H groups in total. The van der Waals surface area contributed by atoms with Crippen molar-refractivity contribution >= 4 is 59.3 Å². The zero-order valence-electron chi connectivity index (χ0n) is 39.8. The van der Waals surface area contributed by atoms with Crippen LogP contribution in [0.25, 0.3) is 75.5 Å². The van der Waals surface area contributed by atoms with E-state index in [1.807, 2.05) is 11.3 Å². The van der Waals surface area contributed by atoms with E-state index in [2.05, 4.69) is 200 Å². The Morgan fingerprint density at radius 2 is 1.13 bits per heavy atom. The van der Waals surface area contributed by atoms with Gasteiger partial charge in [-0.2, -0.15) is 0 Å². The molecule has 4 atom stereocenters. The van der Waals surface area contributed by atoms with E-state index < -0.39 is 0 Å². The average molecular weight is 918 g/mol. The summed E-state index contributed by atoms with van der Waals surface area (Å²) in [7, 11) is 0. The van der Waals surface area contributed by atoms with Gasteiger partial charge in [0.15, 0.2) is 0 Å². The third-order valence-electron chi connectivity index (χ3n) is 19.4. The molecule has 0 radical (unpaired) electrons. The van der Waals surface area contributed by atoms with Gasteiger partial charge in [-0.3, -0.25) is 0 Å². The molecular weight excluding hydrogens is 863 g/mol. The Balaban J connectivity index is 0.839. The van der Waals surface area contributed by atoms with Crippen molar-refractivity contribution in [2.45, 2.75) is 69.6 Å². The Morgan fingerprint density at radius 1 is 0.471 bits per heavy atom. The van der Waals surface area contributed by atoms with Crippen LogP contribution in [0, 0.1) is 36.0 Å². The molecule has 1 nitrogen and oxygen atoms in total. The van der Waals surface area contributed by atoms with Crippen molar-refractivity contribution in [1.29, 1.82) is 0 Å². The molecule has 2 heteroatoms. The first-order valence-electron chi connectivity index (χ1n) is 26.4. The van der Waals surface area contributed by atoms with Gasteiger partial charge in [-0.05, 0) is 195 Å². The number of nitrogens with zero attached hydrogens (tertiary/aromatic N) is 1. The minimum Gasteiger partial charge on any atom is -0.310 e. The van der Waals surface area contributed by atoms with E-state index in [1.54, 1.807) is 11.1 Å². The van der Waals surface area contributed by atoms with E-state index >= 15 is 0 Å². The Bertz CT molecular complexity index is 3760. The summed E-state index contributed by atoms with van der Waals surface area (Å²) >= 11 is 1.89. The number of rotatable bonds is 7. The van der Waals surface area contributed by atoms with Crippen molar-refractivity contribution in [1.82, 2.24) is 0 Å². The second kappa shape index (κ2) is 14.7. The van der Waals surface area contributed by atoms with Crippen LogP contribution in [0.1, 0.15) is 79.5 Å². The van der Waals surface area contributed by atoms with Gasteiger partial charge in [0.2, 0.25) is 0 Å². The summed E-state index contributed by atoms with van der Waals surface area (Å²) in [4.78, 5) is 2.53. The Kier molecular flexibility index (Phi) is 8.38. The Labute approximate surface area is 415 Å². The van der Waals surface area contributed by atoms with Crippen LogP contribution in [-0.4, -0.2) is 0 Å². The molecule has 2 spiro atoms. The van der Waals surface area contributed by atoms with Crippen LogP contribution < -0.4 is 4.90 Å². The van der Waals surface area contributed by atoms with Crippen molar-refractivity contribution in [2.75, 3.05) is 4.90 Å². The number of benzene rings is 9. The summed E-state index contributed by atoms with van der Waals surface area (Å²) in [6.45, 7) is 2.25. The zero-order valence-corrected chi connectivity index (χ0v) is 40.6. The highest BCUT2D eigenvalue weighted by Crippen LogP contribution is 2.94. The Hall–Kier alpha value is -6.74. The lowest BCUT2D eigenvalue weighted by molar-refractivity contribution is -0.412. The van der Waals surface area contributed by atoms with Crippen LogP contribution in [0.5, 0.6) is 0 Å². The van der Waals surface area contributed by atoms with Crippen LogP contribution in [0.4, 0.5) is 17.1 Å². The van der Waals surface area contributed by atoms with E-state index in [9.17, 15) is 0 Å². The molecule has 16 rings (SSSR count). The van der Waals surface area contributed by atoms with Gasteiger partial charge in [0.05, 0.1) is 5.69 Å². The zero-order chi connectivity index (χ0) is 45.9. The summed E-state index contributed by atoms with van der Waals surface area (Å²) < 4.78 is 2.67. The molecule has 6 aliphatic rings. The number of anilines is 3. The first-order valence-corrected chi connectivity index (χ1v) is 27.2. The van der Waals surface area contributed by atoms with E-state index in [-0.39, 0.29) is 5.41 Å². The number of aryl methyl sites for hydroxylation is 1. The van der Waals surface area contributed by atoms with Crippen LogP contribution >= 0.6 is 11.3 Å². The molecule has 0 saturated heterocycles. The largest absolute Gasteiger partial charge is 0.310 e. The molecule has 1 heterocycles. The summed E-state index contributed by atoms with van der Waals surface area (Å²) in [5.41, 5.74) is 21.2. The van der Waals surface area contributed by atoms with Crippen LogP contribution in [0.2, 0.25) is 0 Å². The molecule has 338 valence electrons. The summed E-state index contributed by atoms with van der Waals surface area (Å²) in [5.74, 6) is 4.24. The first-order chi connectivity index (χ1) is 34.6. The second-order valence-electron chi connectivity index (χ2n) is 22.2. The molecule has 10 aromatic rings. The number of fused-ring (bicyclic) bond motifs is 11. The standard InChI is InChI=1S/C68H55NS/c1-41-24-35-60(57(36-41)55-20-10-15-45-14-9-18-51(65(45)55)43-12-3-2-4-13-43)69(50-32-27-44(28-33-50)52-19-11-23-62-66(52)56-17-6-8-22-61(56)70-62)49-30-25-42(26-31-49)46-29-34-54-53-16-5-7-21-58(53)68(59(54)37-46)63-39-47-38-48-40-64(68)67(47,48)63/h5-11,14-37,43,47-48,63-64H,2-4,12-13,38-40H2,1H3.